The van der Waals surface area contributed by atoms with Gasteiger partial charge in [0.15, 0.2) is 12.3 Å². The number of anilines is 1. The summed E-state index contributed by atoms with van der Waals surface area (Å²) in [5.41, 5.74) is 0.932. The molecule has 0 saturated carbocycles. The normalized spacial score (nSPS) is 17.9. The fraction of sp³-hybridized carbons (Fsp3) is 0.320. The number of halogens is 3. The molecule has 2 amide bonds. The molecule has 1 aliphatic carbocycles. The SMILES string of the molecule is CNS(=O)(=O)CC(=O)Nc1c(-c2ccc(C#N)cn2)nn2c1C(=O)N[C@]1(CCc3cc(OCC(F)(F)F)ccc31)C2. The topological polar surface area (TPSA) is 168 Å². The van der Waals surface area contributed by atoms with E-state index >= 15 is 0 Å². The summed E-state index contributed by atoms with van der Waals surface area (Å²) in [6.45, 7) is -1.32. The van der Waals surface area contributed by atoms with Gasteiger partial charge in [-0.25, -0.2) is 13.1 Å². The number of sulfonamides is 1. The molecule has 12 nitrogen and oxygen atoms in total. The molecule has 1 atom stereocenters. The van der Waals surface area contributed by atoms with Gasteiger partial charge in [0.1, 0.15) is 29.0 Å². The van der Waals surface area contributed by atoms with E-state index in [9.17, 15) is 31.2 Å². The Kier molecular flexibility index (Phi) is 6.95. The number of carbonyl (C=O) groups excluding carboxylic acids is 2. The summed E-state index contributed by atoms with van der Waals surface area (Å²) in [7, 11) is -2.76. The van der Waals surface area contributed by atoms with E-state index in [0.29, 0.717) is 24.0 Å². The molecule has 1 spiro atoms. The molecule has 0 saturated heterocycles. The molecule has 214 valence electrons. The predicted octanol–water partition coefficient (Wildman–Crippen LogP) is 1.83. The molecule has 0 unspecified atom stereocenters. The molecule has 1 aliphatic heterocycles. The van der Waals surface area contributed by atoms with E-state index in [4.69, 9.17) is 10.00 Å². The number of ether oxygens (including phenoxy) is 1. The zero-order valence-corrected chi connectivity index (χ0v) is 22.2. The highest BCUT2D eigenvalue weighted by Gasteiger charge is 2.46. The number of aromatic nitrogens is 3. The van der Waals surface area contributed by atoms with E-state index < -0.39 is 45.9 Å². The van der Waals surface area contributed by atoms with Crippen LogP contribution in [0.1, 0.15) is 33.6 Å². The second kappa shape index (κ2) is 10.2. The molecule has 2 aromatic heterocycles. The van der Waals surface area contributed by atoms with Crippen molar-refractivity contribution in [3.63, 3.8) is 0 Å². The number of carbonyl (C=O) groups is 2. The van der Waals surface area contributed by atoms with Crippen molar-refractivity contribution in [3.8, 4) is 23.2 Å². The third-order valence-corrected chi connectivity index (χ3v) is 8.05. The summed E-state index contributed by atoms with van der Waals surface area (Å²) < 4.78 is 70.0. The lowest BCUT2D eigenvalue weighted by atomic mass is 9.89. The van der Waals surface area contributed by atoms with Crippen molar-refractivity contribution in [3.05, 3.63) is 58.9 Å². The van der Waals surface area contributed by atoms with Crippen molar-refractivity contribution >= 4 is 27.5 Å². The lowest BCUT2D eigenvalue weighted by Gasteiger charge is -2.36. The van der Waals surface area contributed by atoms with Crippen LogP contribution in [-0.2, 0) is 33.3 Å². The quantitative estimate of drug-likeness (QED) is 0.375. The van der Waals surface area contributed by atoms with Crippen LogP contribution in [0.5, 0.6) is 5.75 Å². The van der Waals surface area contributed by atoms with Gasteiger partial charge in [-0.3, -0.25) is 19.3 Å². The molecule has 0 radical (unpaired) electrons. The number of amides is 2. The van der Waals surface area contributed by atoms with Crippen LogP contribution in [0.2, 0.25) is 0 Å². The summed E-state index contributed by atoms with van der Waals surface area (Å²) in [5.74, 6) is -2.39. The van der Waals surface area contributed by atoms with Gasteiger partial charge in [0.2, 0.25) is 15.9 Å². The van der Waals surface area contributed by atoms with Gasteiger partial charge in [0.25, 0.3) is 5.91 Å². The first-order chi connectivity index (χ1) is 19.3. The van der Waals surface area contributed by atoms with Crippen molar-refractivity contribution in [2.75, 3.05) is 24.7 Å². The van der Waals surface area contributed by atoms with Crippen LogP contribution in [0, 0.1) is 11.3 Å². The molecule has 1 aromatic carbocycles. The summed E-state index contributed by atoms with van der Waals surface area (Å²) in [4.78, 5) is 30.4. The molecule has 3 aromatic rings. The van der Waals surface area contributed by atoms with Crippen molar-refractivity contribution < 1.29 is 35.9 Å². The first-order valence-corrected chi connectivity index (χ1v) is 13.8. The highest BCUT2D eigenvalue weighted by atomic mass is 32.2. The molecule has 3 heterocycles. The van der Waals surface area contributed by atoms with Crippen LogP contribution in [0.4, 0.5) is 18.9 Å². The average molecular weight is 590 g/mol. The third-order valence-electron chi connectivity index (χ3n) is 6.79. The third kappa shape index (κ3) is 5.58. The van der Waals surface area contributed by atoms with E-state index in [2.05, 4.69) is 20.7 Å². The van der Waals surface area contributed by atoms with Crippen LogP contribution >= 0.6 is 0 Å². The Labute approximate surface area is 231 Å². The number of nitriles is 1. The molecular weight excluding hydrogens is 567 g/mol. The van der Waals surface area contributed by atoms with Gasteiger partial charge in [-0.2, -0.15) is 23.5 Å². The average Bonchev–Trinajstić information content (AvgIpc) is 3.44. The number of aryl methyl sites for hydroxylation is 1. The number of rotatable bonds is 7. The Morgan fingerprint density at radius 3 is 2.73 bits per heavy atom. The first-order valence-electron chi connectivity index (χ1n) is 12.2. The van der Waals surface area contributed by atoms with Crippen molar-refractivity contribution in [1.29, 1.82) is 5.26 Å². The number of hydrogen-bond acceptors (Lipinski definition) is 8. The summed E-state index contributed by atoms with van der Waals surface area (Å²) in [6.07, 6.45) is -2.33. The maximum absolute atomic E-state index is 13.6. The van der Waals surface area contributed by atoms with Gasteiger partial charge in [0, 0.05) is 6.20 Å². The lowest BCUT2D eigenvalue weighted by molar-refractivity contribution is -0.153. The van der Waals surface area contributed by atoms with Crippen molar-refractivity contribution in [2.24, 2.45) is 0 Å². The van der Waals surface area contributed by atoms with Gasteiger partial charge in [-0.1, -0.05) is 6.07 Å². The van der Waals surface area contributed by atoms with Crippen molar-refractivity contribution in [2.45, 2.75) is 31.1 Å². The number of alkyl halides is 3. The molecule has 2 aliphatic rings. The number of pyridine rings is 1. The predicted molar refractivity (Wildman–Crippen MR) is 137 cm³/mol. The molecule has 0 bridgehead atoms. The summed E-state index contributed by atoms with van der Waals surface area (Å²) in [5, 5.41) is 19.1. The standard InChI is InChI=1S/C25H22F3N7O5S/c1-30-41(38,39)11-19(36)32-21-20(18-5-2-14(9-29)10-31-18)34-35-12-24(33-23(37)22(21)35)7-6-15-8-16(3-4-17(15)24)40-13-25(26,27)28/h2-5,8,10,30H,6-7,11-13H2,1H3,(H,32,36)(H,33,37)/t24-/m1/s1. The fourth-order valence-corrected chi connectivity index (χ4v) is 5.53. The minimum atomic E-state index is -4.49. The van der Waals surface area contributed by atoms with Crippen LogP contribution in [0.3, 0.4) is 0 Å². The van der Waals surface area contributed by atoms with E-state index in [0.717, 1.165) is 7.05 Å². The Morgan fingerprint density at radius 1 is 1.29 bits per heavy atom. The molecule has 41 heavy (non-hydrogen) atoms. The Hall–Kier alpha value is -4.49. The zero-order valence-electron chi connectivity index (χ0n) is 21.4. The summed E-state index contributed by atoms with van der Waals surface area (Å²) >= 11 is 0. The minimum absolute atomic E-state index is 0.0365. The fourth-order valence-electron chi connectivity index (χ4n) is 4.97. The minimum Gasteiger partial charge on any atom is -0.484 e. The molecular formula is C25H22F3N7O5S. The molecule has 16 heteroatoms. The van der Waals surface area contributed by atoms with Gasteiger partial charge in [-0.05, 0) is 55.3 Å². The van der Waals surface area contributed by atoms with E-state index in [-0.39, 0.29) is 40.6 Å². The zero-order chi connectivity index (χ0) is 29.6. The van der Waals surface area contributed by atoms with Crippen LogP contribution in [0.25, 0.3) is 11.4 Å². The van der Waals surface area contributed by atoms with Crippen LogP contribution in [0.15, 0.2) is 36.5 Å². The number of fused-ring (bicyclic) bond motifs is 3. The van der Waals surface area contributed by atoms with E-state index in [1.165, 1.54) is 35.1 Å². The number of nitrogens with zero attached hydrogens (tertiary/aromatic N) is 4. The first kappa shape index (κ1) is 28.1. The second-order valence-electron chi connectivity index (χ2n) is 9.54. The van der Waals surface area contributed by atoms with E-state index in [1.807, 2.05) is 10.8 Å². The molecule has 0 fully saturated rings. The maximum atomic E-state index is 13.6. The highest BCUT2D eigenvalue weighted by molar-refractivity contribution is 7.90. The Morgan fingerprint density at radius 2 is 2.07 bits per heavy atom. The number of benzene rings is 1. The van der Waals surface area contributed by atoms with E-state index in [1.54, 1.807) is 6.07 Å². The van der Waals surface area contributed by atoms with Gasteiger partial charge in [0.05, 0.1) is 23.3 Å². The smallest absolute Gasteiger partial charge is 0.422 e. The van der Waals surface area contributed by atoms with Crippen LogP contribution in [-0.4, -0.2) is 60.6 Å². The van der Waals surface area contributed by atoms with Gasteiger partial charge >= 0.3 is 6.18 Å². The Balaban J connectivity index is 1.52. The van der Waals surface area contributed by atoms with Gasteiger partial charge in [-0.15, -0.1) is 0 Å². The summed E-state index contributed by atoms with van der Waals surface area (Å²) in [6, 6.07) is 9.43. The lowest BCUT2D eigenvalue weighted by Crippen LogP contribution is -2.52. The number of hydrogen-bond donors (Lipinski definition) is 3. The highest BCUT2D eigenvalue weighted by Crippen LogP contribution is 2.43. The molecule has 5 rings (SSSR count). The monoisotopic (exact) mass is 589 g/mol. The van der Waals surface area contributed by atoms with Gasteiger partial charge < -0.3 is 15.4 Å². The Bertz CT molecular complexity index is 1700. The largest absolute Gasteiger partial charge is 0.484 e. The maximum Gasteiger partial charge on any atom is 0.422 e. The van der Waals surface area contributed by atoms with Crippen LogP contribution < -0.4 is 20.1 Å². The molecule has 3 N–H and O–H groups in total. The second-order valence-corrected chi connectivity index (χ2v) is 11.5. The number of nitrogens with one attached hydrogen (secondary N) is 3. The van der Waals surface area contributed by atoms with Crippen molar-refractivity contribution in [1.82, 2.24) is 24.8 Å².